The zero-order valence-electron chi connectivity index (χ0n) is 13.4. The van der Waals surface area contributed by atoms with Gasteiger partial charge in [0.05, 0.1) is 6.10 Å². The van der Waals surface area contributed by atoms with Gasteiger partial charge in [-0.25, -0.2) is 0 Å². The summed E-state index contributed by atoms with van der Waals surface area (Å²) in [6.45, 7) is 9.27. The molecule has 0 aliphatic heterocycles. The van der Waals surface area contributed by atoms with Crippen molar-refractivity contribution in [3.63, 3.8) is 0 Å². The minimum absolute atomic E-state index is 0.218. The molecule has 2 aromatic carbocycles. The van der Waals surface area contributed by atoms with Gasteiger partial charge in [-0.05, 0) is 51.0 Å². The molecule has 0 heterocycles. The van der Waals surface area contributed by atoms with E-state index < -0.39 is 0 Å². The Kier molecular flexibility index (Phi) is 5.40. The van der Waals surface area contributed by atoms with Gasteiger partial charge in [0.2, 0.25) is 0 Å². The molecule has 0 spiro atoms. The van der Waals surface area contributed by atoms with E-state index in [4.69, 9.17) is 4.74 Å². The van der Waals surface area contributed by atoms with Gasteiger partial charge in [0.15, 0.2) is 0 Å². The van der Waals surface area contributed by atoms with Crippen LogP contribution >= 0.6 is 0 Å². The molecule has 0 saturated carbocycles. The van der Waals surface area contributed by atoms with Crippen molar-refractivity contribution >= 4 is 0 Å². The second-order valence-corrected chi connectivity index (χ2v) is 5.83. The third-order valence-corrected chi connectivity index (χ3v) is 3.45. The third kappa shape index (κ3) is 4.91. The lowest BCUT2D eigenvalue weighted by Crippen LogP contribution is -2.18. The summed E-state index contributed by atoms with van der Waals surface area (Å²) in [6, 6.07) is 17.3. The first-order valence-corrected chi connectivity index (χ1v) is 7.60. The number of aryl methyl sites for hydroxylation is 1. The van der Waals surface area contributed by atoms with Gasteiger partial charge in [-0.15, -0.1) is 0 Å². The molecule has 0 bridgehead atoms. The van der Waals surface area contributed by atoms with Gasteiger partial charge in [-0.1, -0.05) is 42.0 Å². The van der Waals surface area contributed by atoms with Crippen LogP contribution in [0.2, 0.25) is 0 Å². The number of ether oxygens (including phenoxy) is 1. The van der Waals surface area contributed by atoms with E-state index in [1.54, 1.807) is 0 Å². The molecule has 21 heavy (non-hydrogen) atoms. The number of hydrogen-bond acceptors (Lipinski definition) is 2. The zero-order valence-corrected chi connectivity index (χ0v) is 13.4. The predicted molar refractivity (Wildman–Crippen MR) is 88.6 cm³/mol. The number of nitrogens with one attached hydrogen (secondary N) is 1. The van der Waals surface area contributed by atoms with E-state index in [0.717, 1.165) is 12.3 Å². The van der Waals surface area contributed by atoms with Crippen molar-refractivity contribution in [3.8, 4) is 5.75 Å². The van der Waals surface area contributed by atoms with Crippen molar-refractivity contribution in [3.05, 3.63) is 65.2 Å². The highest BCUT2D eigenvalue weighted by atomic mass is 16.5. The van der Waals surface area contributed by atoms with Crippen LogP contribution in [0.3, 0.4) is 0 Å². The Hall–Kier alpha value is -1.80. The Balaban J connectivity index is 1.90. The Bertz CT molecular complexity index is 560. The minimum atomic E-state index is 0.218. The molecule has 0 radical (unpaired) electrons. The molecule has 0 fully saturated rings. The fourth-order valence-electron chi connectivity index (χ4n) is 2.29. The van der Waals surface area contributed by atoms with Gasteiger partial charge in [0, 0.05) is 12.6 Å². The Morgan fingerprint density at radius 3 is 2.33 bits per heavy atom. The first-order chi connectivity index (χ1) is 10.0. The normalized spacial score (nSPS) is 12.4. The summed E-state index contributed by atoms with van der Waals surface area (Å²) in [6.07, 6.45) is 0.218. The van der Waals surface area contributed by atoms with Crippen LogP contribution in [-0.2, 0) is 6.54 Å². The molecule has 2 nitrogen and oxygen atoms in total. The van der Waals surface area contributed by atoms with Crippen LogP contribution in [-0.4, -0.2) is 6.10 Å². The van der Waals surface area contributed by atoms with Crippen LogP contribution < -0.4 is 10.1 Å². The lowest BCUT2D eigenvalue weighted by atomic mass is 10.1. The van der Waals surface area contributed by atoms with Gasteiger partial charge in [-0.2, -0.15) is 0 Å². The van der Waals surface area contributed by atoms with Gasteiger partial charge in [0.25, 0.3) is 0 Å². The molecule has 0 amide bonds. The molecular weight excluding hydrogens is 258 g/mol. The monoisotopic (exact) mass is 283 g/mol. The van der Waals surface area contributed by atoms with Crippen LogP contribution in [0.15, 0.2) is 48.5 Å². The highest BCUT2D eigenvalue weighted by molar-refractivity contribution is 5.28. The maximum Gasteiger partial charge on any atom is 0.119 e. The van der Waals surface area contributed by atoms with Crippen molar-refractivity contribution < 1.29 is 4.74 Å². The van der Waals surface area contributed by atoms with Gasteiger partial charge in [0.1, 0.15) is 5.75 Å². The second kappa shape index (κ2) is 7.28. The van der Waals surface area contributed by atoms with E-state index in [2.05, 4.69) is 55.6 Å². The van der Waals surface area contributed by atoms with Crippen molar-refractivity contribution in [2.24, 2.45) is 0 Å². The predicted octanol–water partition coefficient (Wildman–Crippen LogP) is 4.63. The molecule has 0 aliphatic rings. The average molecular weight is 283 g/mol. The maximum absolute atomic E-state index is 5.66. The van der Waals surface area contributed by atoms with E-state index in [1.165, 1.54) is 16.7 Å². The van der Waals surface area contributed by atoms with E-state index in [1.807, 2.05) is 26.0 Å². The van der Waals surface area contributed by atoms with Crippen molar-refractivity contribution in [2.75, 3.05) is 0 Å². The third-order valence-electron chi connectivity index (χ3n) is 3.45. The van der Waals surface area contributed by atoms with Crippen LogP contribution in [0.4, 0.5) is 0 Å². The number of hydrogen-bond donors (Lipinski definition) is 1. The molecule has 112 valence electrons. The number of rotatable bonds is 6. The minimum Gasteiger partial charge on any atom is -0.491 e. The van der Waals surface area contributed by atoms with Gasteiger partial charge in [-0.3, -0.25) is 0 Å². The Morgan fingerprint density at radius 1 is 1.00 bits per heavy atom. The van der Waals surface area contributed by atoms with Crippen LogP contribution in [0.1, 0.15) is 43.5 Å². The lowest BCUT2D eigenvalue weighted by molar-refractivity contribution is 0.242. The summed E-state index contributed by atoms with van der Waals surface area (Å²) in [4.78, 5) is 0. The van der Waals surface area contributed by atoms with Crippen molar-refractivity contribution in [1.29, 1.82) is 0 Å². The van der Waals surface area contributed by atoms with E-state index in [-0.39, 0.29) is 6.10 Å². The molecule has 1 N–H and O–H groups in total. The fourth-order valence-corrected chi connectivity index (χ4v) is 2.29. The standard InChI is InChI=1S/C19H25NO/c1-14(2)21-19-10-8-17(9-11-19)13-20-16(4)18-7-5-6-15(3)12-18/h5-12,14,16,20H,13H2,1-4H3/t16-/m0/s1. The molecule has 1 atom stereocenters. The summed E-state index contributed by atoms with van der Waals surface area (Å²) in [7, 11) is 0. The van der Waals surface area contributed by atoms with Crippen molar-refractivity contribution in [1.82, 2.24) is 5.32 Å². The van der Waals surface area contributed by atoms with Gasteiger partial charge >= 0.3 is 0 Å². The molecule has 0 unspecified atom stereocenters. The zero-order chi connectivity index (χ0) is 15.2. The average Bonchev–Trinajstić information content (AvgIpc) is 2.45. The van der Waals surface area contributed by atoms with Crippen LogP contribution in [0.25, 0.3) is 0 Å². The smallest absolute Gasteiger partial charge is 0.119 e. The first kappa shape index (κ1) is 15.6. The lowest BCUT2D eigenvalue weighted by Gasteiger charge is -2.15. The molecule has 2 rings (SSSR count). The van der Waals surface area contributed by atoms with E-state index in [0.29, 0.717) is 6.04 Å². The molecule has 2 heteroatoms. The molecule has 0 aliphatic carbocycles. The fraction of sp³-hybridized carbons (Fsp3) is 0.368. The SMILES string of the molecule is Cc1cccc([C@H](C)NCc2ccc(OC(C)C)cc2)c1. The number of benzene rings is 2. The quantitative estimate of drug-likeness (QED) is 0.834. The van der Waals surface area contributed by atoms with Crippen LogP contribution in [0.5, 0.6) is 5.75 Å². The van der Waals surface area contributed by atoms with Gasteiger partial charge < -0.3 is 10.1 Å². The Morgan fingerprint density at radius 2 is 1.71 bits per heavy atom. The second-order valence-electron chi connectivity index (χ2n) is 5.83. The van der Waals surface area contributed by atoms with Crippen molar-refractivity contribution in [2.45, 2.75) is 46.4 Å². The topological polar surface area (TPSA) is 21.3 Å². The van der Waals surface area contributed by atoms with E-state index >= 15 is 0 Å². The highest BCUT2D eigenvalue weighted by Crippen LogP contribution is 2.16. The molecular formula is C19H25NO. The molecule has 2 aromatic rings. The largest absolute Gasteiger partial charge is 0.491 e. The summed E-state index contributed by atoms with van der Waals surface area (Å²) in [5.41, 5.74) is 3.90. The highest BCUT2D eigenvalue weighted by Gasteiger charge is 2.05. The summed E-state index contributed by atoms with van der Waals surface area (Å²) >= 11 is 0. The summed E-state index contributed by atoms with van der Waals surface area (Å²) < 4.78 is 5.66. The van der Waals surface area contributed by atoms with Crippen LogP contribution in [0, 0.1) is 6.92 Å². The molecule has 0 aromatic heterocycles. The maximum atomic E-state index is 5.66. The Labute approximate surface area is 128 Å². The molecule has 0 saturated heterocycles. The summed E-state index contributed by atoms with van der Waals surface area (Å²) in [5, 5.41) is 3.56. The first-order valence-electron chi connectivity index (χ1n) is 7.60. The summed E-state index contributed by atoms with van der Waals surface area (Å²) in [5.74, 6) is 0.931. The van der Waals surface area contributed by atoms with E-state index in [9.17, 15) is 0 Å².